The van der Waals surface area contributed by atoms with Gasteiger partial charge in [0.15, 0.2) is 0 Å². The highest BCUT2D eigenvalue weighted by atomic mass is 15.2. The molecule has 0 radical (unpaired) electrons. The molecule has 0 aliphatic carbocycles. The number of benzene rings is 1. The Morgan fingerprint density at radius 3 is 2.33 bits per heavy atom. The second kappa shape index (κ2) is 9.49. The summed E-state index contributed by atoms with van der Waals surface area (Å²) in [5.41, 5.74) is 6.85. The molecule has 162 valence electrons. The second-order valence-corrected chi connectivity index (χ2v) is 9.58. The molecule has 0 amide bonds. The number of hydrazine groups is 1. The lowest BCUT2D eigenvalue weighted by atomic mass is 9.74. The third kappa shape index (κ3) is 6.47. The molecule has 7 N–H and O–H groups in total. The van der Waals surface area contributed by atoms with Gasteiger partial charge in [0.1, 0.15) is 0 Å². The van der Waals surface area contributed by atoms with Crippen molar-refractivity contribution in [2.24, 2.45) is 11.8 Å². The van der Waals surface area contributed by atoms with E-state index in [4.69, 9.17) is 22.1 Å². The SMILES string of the molecule is Cc1cc(/C(C=N)=C/NN)ccc1C(=N)/C=C\C(=N)CC1CC(C)(C)NC(C)(C)C1. The summed E-state index contributed by atoms with van der Waals surface area (Å²) in [7, 11) is 0. The number of hydrogen-bond acceptors (Lipinski definition) is 6. The van der Waals surface area contributed by atoms with Crippen LogP contribution in [0.3, 0.4) is 0 Å². The van der Waals surface area contributed by atoms with Crippen LogP contribution in [0.15, 0.2) is 36.6 Å². The van der Waals surface area contributed by atoms with Crippen molar-refractivity contribution in [1.82, 2.24) is 10.7 Å². The zero-order chi connectivity index (χ0) is 22.5. The summed E-state index contributed by atoms with van der Waals surface area (Å²) in [4.78, 5) is 0. The van der Waals surface area contributed by atoms with Gasteiger partial charge in [0.05, 0.1) is 5.71 Å². The van der Waals surface area contributed by atoms with Crippen LogP contribution in [-0.2, 0) is 0 Å². The van der Waals surface area contributed by atoms with E-state index in [2.05, 4.69) is 38.4 Å². The first-order chi connectivity index (χ1) is 14.0. The topological polar surface area (TPSA) is 122 Å². The van der Waals surface area contributed by atoms with Crippen LogP contribution in [0.5, 0.6) is 0 Å². The molecule has 1 aliphatic rings. The molecule has 1 heterocycles. The number of hydrogen-bond donors (Lipinski definition) is 6. The minimum absolute atomic E-state index is 0.0746. The summed E-state index contributed by atoms with van der Waals surface area (Å²) < 4.78 is 0. The Balaban J connectivity index is 2.06. The van der Waals surface area contributed by atoms with Gasteiger partial charge < -0.3 is 27.0 Å². The molecule has 1 aromatic carbocycles. The number of aryl methyl sites for hydroxylation is 1. The molecule has 1 aromatic rings. The largest absolute Gasteiger partial charge is 0.331 e. The summed E-state index contributed by atoms with van der Waals surface area (Å²) in [5.74, 6) is 5.79. The highest BCUT2D eigenvalue weighted by Gasteiger charge is 2.37. The zero-order valence-electron chi connectivity index (χ0n) is 18.8. The third-order valence-electron chi connectivity index (χ3n) is 5.48. The molecule has 0 saturated carbocycles. The van der Waals surface area contributed by atoms with Gasteiger partial charge in [-0.1, -0.05) is 18.2 Å². The third-order valence-corrected chi connectivity index (χ3v) is 5.48. The Morgan fingerprint density at radius 1 is 1.17 bits per heavy atom. The number of allylic oxidation sites excluding steroid dienone is 3. The number of rotatable bonds is 8. The highest BCUT2D eigenvalue weighted by molar-refractivity contribution is 6.12. The molecule has 0 atom stereocenters. The smallest absolute Gasteiger partial charge is 0.0615 e. The van der Waals surface area contributed by atoms with E-state index < -0.39 is 0 Å². The predicted octanol–water partition coefficient (Wildman–Crippen LogP) is 4.34. The normalized spacial score (nSPS) is 18.9. The van der Waals surface area contributed by atoms with Crippen LogP contribution in [0, 0.1) is 29.1 Å². The molecule has 1 fully saturated rings. The van der Waals surface area contributed by atoms with E-state index in [9.17, 15) is 0 Å². The van der Waals surface area contributed by atoms with Crippen LogP contribution in [-0.4, -0.2) is 28.7 Å². The molecule has 0 aromatic heterocycles. The monoisotopic (exact) mass is 408 g/mol. The first-order valence-electron chi connectivity index (χ1n) is 10.4. The summed E-state index contributed by atoms with van der Waals surface area (Å²) in [5, 5.41) is 28.0. The van der Waals surface area contributed by atoms with Gasteiger partial charge in [-0.3, -0.25) is 5.84 Å². The molecule has 0 bridgehead atoms. The first-order valence-corrected chi connectivity index (χ1v) is 10.4. The summed E-state index contributed by atoms with van der Waals surface area (Å²) in [6.45, 7) is 10.9. The van der Waals surface area contributed by atoms with E-state index in [1.54, 1.807) is 18.4 Å². The van der Waals surface area contributed by atoms with Crippen LogP contribution in [0.4, 0.5) is 0 Å². The van der Waals surface area contributed by atoms with Crippen molar-refractivity contribution in [2.45, 2.75) is 65.0 Å². The fourth-order valence-electron chi connectivity index (χ4n) is 4.77. The van der Waals surface area contributed by atoms with Gasteiger partial charge in [0.25, 0.3) is 0 Å². The van der Waals surface area contributed by atoms with Gasteiger partial charge in [0.2, 0.25) is 0 Å². The van der Waals surface area contributed by atoms with Gasteiger partial charge in [0, 0.05) is 40.3 Å². The van der Waals surface area contributed by atoms with Crippen molar-refractivity contribution in [2.75, 3.05) is 0 Å². The van der Waals surface area contributed by atoms with Gasteiger partial charge in [-0.15, -0.1) is 0 Å². The average molecular weight is 409 g/mol. The lowest BCUT2D eigenvalue weighted by molar-refractivity contribution is 0.132. The molecule has 6 heteroatoms. The lowest BCUT2D eigenvalue weighted by Crippen LogP contribution is -2.57. The van der Waals surface area contributed by atoms with E-state index in [0.717, 1.165) is 36.0 Å². The quantitative estimate of drug-likeness (QED) is 0.218. The van der Waals surface area contributed by atoms with E-state index in [1.807, 2.05) is 25.1 Å². The van der Waals surface area contributed by atoms with Gasteiger partial charge in [-0.25, -0.2) is 0 Å². The van der Waals surface area contributed by atoms with E-state index in [-0.39, 0.29) is 11.1 Å². The molecule has 30 heavy (non-hydrogen) atoms. The maximum absolute atomic E-state index is 8.43. The minimum atomic E-state index is 0.0746. The molecule has 1 saturated heterocycles. The summed E-state index contributed by atoms with van der Waals surface area (Å²) >= 11 is 0. The van der Waals surface area contributed by atoms with Crippen molar-refractivity contribution >= 4 is 23.2 Å². The fourth-order valence-corrected chi connectivity index (χ4v) is 4.77. The van der Waals surface area contributed by atoms with Crippen LogP contribution in [0.1, 0.15) is 63.6 Å². The molecule has 1 aliphatic heterocycles. The first kappa shape index (κ1) is 23.7. The van der Waals surface area contributed by atoms with Crippen molar-refractivity contribution in [3.05, 3.63) is 53.2 Å². The van der Waals surface area contributed by atoms with E-state index >= 15 is 0 Å². The van der Waals surface area contributed by atoms with Crippen LogP contribution < -0.4 is 16.6 Å². The summed E-state index contributed by atoms with van der Waals surface area (Å²) in [6, 6.07) is 5.70. The fraction of sp³-hybridized carbons (Fsp3) is 0.458. The molecule has 0 spiro atoms. The van der Waals surface area contributed by atoms with Crippen molar-refractivity contribution in [1.29, 1.82) is 16.2 Å². The Bertz CT molecular complexity index is 860. The Hall–Kier alpha value is -2.57. The Kier molecular flexibility index (Phi) is 7.50. The van der Waals surface area contributed by atoms with E-state index in [1.165, 1.54) is 6.21 Å². The number of piperidine rings is 1. The van der Waals surface area contributed by atoms with Crippen molar-refractivity contribution in [3.63, 3.8) is 0 Å². The highest BCUT2D eigenvalue weighted by Crippen LogP contribution is 2.34. The Labute approximate surface area is 180 Å². The lowest BCUT2D eigenvalue weighted by Gasteiger charge is -2.46. The van der Waals surface area contributed by atoms with Crippen molar-refractivity contribution in [3.8, 4) is 0 Å². The van der Waals surface area contributed by atoms with Gasteiger partial charge in [-0.2, -0.15) is 0 Å². The molecule has 6 nitrogen and oxygen atoms in total. The van der Waals surface area contributed by atoms with Crippen LogP contribution in [0.2, 0.25) is 0 Å². The molecular formula is C24H36N6. The van der Waals surface area contributed by atoms with Gasteiger partial charge in [-0.05, 0) is 83.1 Å². The maximum Gasteiger partial charge on any atom is 0.0615 e. The minimum Gasteiger partial charge on any atom is -0.331 e. The van der Waals surface area contributed by atoms with E-state index in [0.29, 0.717) is 22.9 Å². The molecule has 2 rings (SSSR count). The predicted molar refractivity (Wildman–Crippen MR) is 128 cm³/mol. The van der Waals surface area contributed by atoms with Crippen LogP contribution >= 0.6 is 0 Å². The molecular weight excluding hydrogens is 372 g/mol. The molecule has 0 unspecified atom stereocenters. The van der Waals surface area contributed by atoms with Gasteiger partial charge >= 0.3 is 0 Å². The number of nitrogens with two attached hydrogens (primary N) is 1. The standard InChI is InChI=1S/C24H36N6/c1-16-10-18(19(14-25)15-29-28)6-8-21(16)22(27)9-7-20(26)11-17-12-23(2,3)30-24(4,5)13-17/h6-10,14-15,17,25-27,29-30H,11-13,28H2,1-5H3/b9-7-,19-15+,25-14?,26-20?,27-22?. The number of nitrogens with one attached hydrogen (secondary N) is 5. The maximum atomic E-state index is 8.43. The van der Waals surface area contributed by atoms with Crippen LogP contribution in [0.25, 0.3) is 5.57 Å². The van der Waals surface area contributed by atoms with Crippen molar-refractivity contribution < 1.29 is 0 Å². The Morgan fingerprint density at radius 2 is 1.80 bits per heavy atom. The summed E-state index contributed by atoms with van der Waals surface area (Å²) in [6.07, 6.45) is 9.11. The second-order valence-electron chi connectivity index (χ2n) is 9.58. The zero-order valence-corrected chi connectivity index (χ0v) is 18.8. The average Bonchev–Trinajstić information content (AvgIpc) is 2.61.